The number of nitrogen functional groups attached to an aromatic ring is 1. The topological polar surface area (TPSA) is 55.1 Å². The standard InChI is InChI=1S/C14H22N2OS/c1-11-6-7-12(13(15)10-11)14(17)16-8-4-3-5-9-18-2/h6-7,10H,3-5,8-9,15H2,1-2H3,(H,16,17). The molecule has 1 aromatic carbocycles. The molecule has 1 aromatic rings. The van der Waals surface area contributed by atoms with Gasteiger partial charge in [-0.2, -0.15) is 11.8 Å². The summed E-state index contributed by atoms with van der Waals surface area (Å²) in [6, 6.07) is 5.52. The van der Waals surface area contributed by atoms with Crippen molar-refractivity contribution in [3.63, 3.8) is 0 Å². The summed E-state index contributed by atoms with van der Waals surface area (Å²) in [7, 11) is 0. The van der Waals surface area contributed by atoms with Crippen molar-refractivity contribution >= 4 is 23.4 Å². The smallest absolute Gasteiger partial charge is 0.253 e. The van der Waals surface area contributed by atoms with Gasteiger partial charge in [0.05, 0.1) is 5.56 Å². The van der Waals surface area contributed by atoms with E-state index >= 15 is 0 Å². The summed E-state index contributed by atoms with van der Waals surface area (Å²) in [6.07, 6.45) is 5.51. The first kappa shape index (κ1) is 14.9. The van der Waals surface area contributed by atoms with Gasteiger partial charge < -0.3 is 11.1 Å². The highest BCUT2D eigenvalue weighted by atomic mass is 32.2. The van der Waals surface area contributed by atoms with Crippen LogP contribution in [0.4, 0.5) is 5.69 Å². The summed E-state index contributed by atoms with van der Waals surface area (Å²) in [5, 5.41) is 2.91. The summed E-state index contributed by atoms with van der Waals surface area (Å²) in [5.41, 5.74) is 8.02. The molecule has 0 heterocycles. The maximum absolute atomic E-state index is 11.9. The molecule has 0 fully saturated rings. The molecule has 0 saturated heterocycles. The van der Waals surface area contributed by atoms with Crippen LogP contribution in [0.25, 0.3) is 0 Å². The van der Waals surface area contributed by atoms with Gasteiger partial charge in [0.15, 0.2) is 0 Å². The number of amides is 1. The second-order valence-electron chi connectivity index (χ2n) is 4.40. The second-order valence-corrected chi connectivity index (χ2v) is 5.39. The van der Waals surface area contributed by atoms with Crippen LogP contribution in [-0.2, 0) is 0 Å². The molecule has 0 radical (unpaired) electrons. The molecule has 3 nitrogen and oxygen atoms in total. The average molecular weight is 266 g/mol. The van der Waals surface area contributed by atoms with E-state index in [2.05, 4.69) is 11.6 Å². The molecule has 1 rings (SSSR count). The number of hydrogen-bond acceptors (Lipinski definition) is 3. The van der Waals surface area contributed by atoms with Gasteiger partial charge in [0.1, 0.15) is 0 Å². The first-order valence-electron chi connectivity index (χ1n) is 6.28. The van der Waals surface area contributed by atoms with Crippen LogP contribution in [0.15, 0.2) is 18.2 Å². The van der Waals surface area contributed by atoms with Crippen molar-refractivity contribution in [1.82, 2.24) is 5.32 Å². The summed E-state index contributed by atoms with van der Waals surface area (Å²) in [4.78, 5) is 11.9. The fraction of sp³-hybridized carbons (Fsp3) is 0.500. The lowest BCUT2D eigenvalue weighted by Gasteiger charge is -2.08. The molecule has 18 heavy (non-hydrogen) atoms. The van der Waals surface area contributed by atoms with E-state index in [0.717, 1.165) is 24.9 Å². The number of carbonyl (C=O) groups is 1. The molecule has 0 bridgehead atoms. The molecular formula is C14H22N2OS. The third-order valence-corrected chi connectivity index (χ3v) is 3.46. The van der Waals surface area contributed by atoms with Gasteiger partial charge in [-0.05, 0) is 49.5 Å². The Kier molecular flexibility index (Phi) is 6.65. The van der Waals surface area contributed by atoms with E-state index in [1.54, 1.807) is 6.07 Å². The van der Waals surface area contributed by atoms with Crippen molar-refractivity contribution in [1.29, 1.82) is 0 Å². The number of anilines is 1. The summed E-state index contributed by atoms with van der Waals surface area (Å²) in [6.45, 7) is 2.68. The summed E-state index contributed by atoms with van der Waals surface area (Å²) < 4.78 is 0. The Morgan fingerprint density at radius 3 is 2.78 bits per heavy atom. The number of nitrogens with one attached hydrogen (secondary N) is 1. The van der Waals surface area contributed by atoms with Gasteiger partial charge >= 0.3 is 0 Å². The Hall–Kier alpha value is -1.16. The molecule has 0 aromatic heterocycles. The van der Waals surface area contributed by atoms with E-state index in [4.69, 9.17) is 5.73 Å². The fourth-order valence-electron chi connectivity index (χ4n) is 1.73. The zero-order valence-electron chi connectivity index (χ0n) is 11.2. The van der Waals surface area contributed by atoms with Gasteiger partial charge in [-0.15, -0.1) is 0 Å². The van der Waals surface area contributed by atoms with Gasteiger partial charge in [0.25, 0.3) is 5.91 Å². The third kappa shape index (κ3) is 5.00. The van der Waals surface area contributed by atoms with Crippen LogP contribution in [0.1, 0.15) is 35.2 Å². The first-order chi connectivity index (χ1) is 8.65. The number of hydrogen-bond donors (Lipinski definition) is 2. The normalized spacial score (nSPS) is 10.3. The molecule has 0 aliphatic rings. The maximum atomic E-state index is 11.9. The molecule has 4 heteroatoms. The van der Waals surface area contributed by atoms with E-state index in [1.807, 2.05) is 30.8 Å². The number of benzene rings is 1. The Morgan fingerprint density at radius 1 is 1.33 bits per heavy atom. The fourth-order valence-corrected chi connectivity index (χ4v) is 2.23. The van der Waals surface area contributed by atoms with Crippen molar-refractivity contribution in [3.05, 3.63) is 29.3 Å². The predicted octanol–water partition coefficient (Wildman–Crippen LogP) is 2.84. The summed E-state index contributed by atoms with van der Waals surface area (Å²) in [5.74, 6) is 1.12. The Bertz CT molecular complexity index is 393. The van der Waals surface area contributed by atoms with Crippen molar-refractivity contribution in [3.8, 4) is 0 Å². The highest BCUT2D eigenvalue weighted by molar-refractivity contribution is 7.98. The van der Waals surface area contributed by atoms with Gasteiger partial charge in [-0.3, -0.25) is 4.79 Å². The van der Waals surface area contributed by atoms with Crippen LogP contribution >= 0.6 is 11.8 Å². The highest BCUT2D eigenvalue weighted by Crippen LogP contribution is 2.13. The SMILES string of the molecule is CSCCCCCNC(=O)c1ccc(C)cc1N. The largest absolute Gasteiger partial charge is 0.398 e. The quantitative estimate of drug-likeness (QED) is 0.589. The number of carbonyl (C=O) groups excluding carboxylic acids is 1. The Labute approximate surface area is 114 Å². The lowest BCUT2D eigenvalue weighted by atomic mass is 10.1. The average Bonchev–Trinajstić information content (AvgIpc) is 2.33. The molecule has 1 amide bonds. The molecule has 0 atom stereocenters. The zero-order chi connectivity index (χ0) is 13.4. The molecule has 0 aliphatic heterocycles. The van der Waals surface area contributed by atoms with Crippen LogP contribution < -0.4 is 11.1 Å². The number of rotatable bonds is 7. The third-order valence-electron chi connectivity index (χ3n) is 2.76. The molecule has 0 saturated carbocycles. The minimum absolute atomic E-state index is 0.0719. The second kappa shape index (κ2) is 8.03. The number of nitrogens with two attached hydrogens (primary N) is 1. The Morgan fingerprint density at radius 2 is 2.11 bits per heavy atom. The van der Waals surface area contributed by atoms with E-state index in [9.17, 15) is 4.79 Å². The minimum atomic E-state index is -0.0719. The van der Waals surface area contributed by atoms with Gasteiger partial charge in [0, 0.05) is 12.2 Å². The lowest BCUT2D eigenvalue weighted by Crippen LogP contribution is -2.25. The van der Waals surface area contributed by atoms with Crippen LogP contribution in [0.5, 0.6) is 0 Å². The molecular weight excluding hydrogens is 244 g/mol. The van der Waals surface area contributed by atoms with E-state index < -0.39 is 0 Å². The first-order valence-corrected chi connectivity index (χ1v) is 7.68. The minimum Gasteiger partial charge on any atom is -0.398 e. The van der Waals surface area contributed by atoms with Crippen LogP contribution in [0.3, 0.4) is 0 Å². The van der Waals surface area contributed by atoms with E-state index in [1.165, 1.54) is 12.2 Å². The van der Waals surface area contributed by atoms with Gasteiger partial charge in [0.2, 0.25) is 0 Å². The van der Waals surface area contributed by atoms with Crippen LogP contribution in [0.2, 0.25) is 0 Å². The number of aryl methyl sites for hydroxylation is 1. The monoisotopic (exact) mass is 266 g/mol. The van der Waals surface area contributed by atoms with Gasteiger partial charge in [-0.1, -0.05) is 12.5 Å². The van der Waals surface area contributed by atoms with Crippen LogP contribution in [0, 0.1) is 6.92 Å². The number of unbranched alkanes of at least 4 members (excludes halogenated alkanes) is 2. The van der Waals surface area contributed by atoms with Crippen molar-refractivity contribution < 1.29 is 4.79 Å². The van der Waals surface area contributed by atoms with E-state index in [0.29, 0.717) is 11.3 Å². The highest BCUT2D eigenvalue weighted by Gasteiger charge is 2.08. The summed E-state index contributed by atoms with van der Waals surface area (Å²) >= 11 is 1.86. The molecule has 0 aliphatic carbocycles. The van der Waals surface area contributed by atoms with E-state index in [-0.39, 0.29) is 5.91 Å². The molecule has 3 N–H and O–H groups in total. The molecule has 100 valence electrons. The maximum Gasteiger partial charge on any atom is 0.253 e. The predicted molar refractivity (Wildman–Crippen MR) is 80.2 cm³/mol. The molecule has 0 unspecified atom stereocenters. The number of thioether (sulfide) groups is 1. The van der Waals surface area contributed by atoms with Crippen molar-refractivity contribution in [2.45, 2.75) is 26.2 Å². The zero-order valence-corrected chi connectivity index (χ0v) is 12.0. The van der Waals surface area contributed by atoms with Crippen molar-refractivity contribution in [2.24, 2.45) is 0 Å². The Balaban J connectivity index is 2.32. The lowest BCUT2D eigenvalue weighted by molar-refractivity contribution is 0.0954. The van der Waals surface area contributed by atoms with Crippen molar-refractivity contribution in [2.75, 3.05) is 24.3 Å². The van der Waals surface area contributed by atoms with Gasteiger partial charge in [-0.25, -0.2) is 0 Å². The van der Waals surface area contributed by atoms with Crippen LogP contribution in [-0.4, -0.2) is 24.5 Å². The molecule has 0 spiro atoms.